The summed E-state index contributed by atoms with van der Waals surface area (Å²) in [5.74, 6) is 1.23. The highest BCUT2D eigenvalue weighted by molar-refractivity contribution is 6.34. The van der Waals surface area contributed by atoms with Gasteiger partial charge in [0.25, 0.3) is 0 Å². The molecule has 2 aromatic carbocycles. The normalized spacial score (nSPS) is 11.7. The SMILES string of the molecule is COc1ccc2nc(/C(C#N)=C\c3cc(C)n(-c4cc(Cl)ccc4Cl)c3C)[nH]c2c1. The largest absolute Gasteiger partial charge is 0.497 e. The van der Waals surface area contributed by atoms with E-state index in [1.54, 1.807) is 19.2 Å². The number of aromatic amines is 1. The fourth-order valence-electron chi connectivity index (χ4n) is 3.51. The molecule has 0 amide bonds. The standard InChI is InChI=1S/C23H18Cl2N4O/c1-13-8-15(14(2)29(13)22-10-17(24)4-6-19(22)25)9-16(12-26)23-27-20-7-5-18(30-3)11-21(20)28-23/h4-11H,1-3H3,(H,27,28)/b16-9-. The Morgan fingerprint density at radius 2 is 1.97 bits per heavy atom. The molecule has 0 spiro atoms. The number of rotatable bonds is 4. The molecule has 5 nitrogen and oxygen atoms in total. The lowest BCUT2D eigenvalue weighted by atomic mass is 10.1. The molecule has 30 heavy (non-hydrogen) atoms. The highest BCUT2D eigenvalue weighted by Gasteiger charge is 2.15. The molecule has 0 saturated heterocycles. The van der Waals surface area contributed by atoms with E-state index in [0.29, 0.717) is 21.4 Å². The second-order valence-electron chi connectivity index (χ2n) is 6.90. The summed E-state index contributed by atoms with van der Waals surface area (Å²) in [4.78, 5) is 7.75. The number of hydrogen-bond donors (Lipinski definition) is 1. The monoisotopic (exact) mass is 436 g/mol. The van der Waals surface area contributed by atoms with Gasteiger partial charge in [-0.3, -0.25) is 0 Å². The molecule has 4 aromatic rings. The number of nitrogens with zero attached hydrogens (tertiary/aromatic N) is 3. The number of nitrogens with one attached hydrogen (secondary N) is 1. The third-order valence-corrected chi connectivity index (χ3v) is 5.54. The Morgan fingerprint density at radius 3 is 2.70 bits per heavy atom. The molecule has 0 bridgehead atoms. The molecular formula is C23H18Cl2N4O. The summed E-state index contributed by atoms with van der Waals surface area (Å²) in [6.45, 7) is 3.97. The lowest BCUT2D eigenvalue weighted by molar-refractivity contribution is 0.415. The minimum Gasteiger partial charge on any atom is -0.497 e. The molecule has 4 rings (SSSR count). The second-order valence-corrected chi connectivity index (χ2v) is 7.74. The lowest BCUT2D eigenvalue weighted by Gasteiger charge is -2.12. The van der Waals surface area contributed by atoms with E-state index in [1.807, 2.05) is 54.8 Å². The number of methoxy groups -OCH3 is 1. The Balaban J connectivity index is 1.81. The number of imidazole rings is 1. The summed E-state index contributed by atoms with van der Waals surface area (Å²) in [6.07, 6.45) is 1.83. The first-order chi connectivity index (χ1) is 14.4. The topological polar surface area (TPSA) is 66.6 Å². The molecule has 0 saturated carbocycles. The van der Waals surface area contributed by atoms with Gasteiger partial charge in [-0.05, 0) is 61.9 Å². The number of ether oxygens (including phenoxy) is 1. The van der Waals surface area contributed by atoms with E-state index in [0.717, 1.165) is 39.4 Å². The van der Waals surface area contributed by atoms with Crippen molar-refractivity contribution in [1.29, 1.82) is 5.26 Å². The van der Waals surface area contributed by atoms with Crippen molar-refractivity contribution in [1.82, 2.24) is 14.5 Å². The Kier molecular flexibility index (Phi) is 5.29. The van der Waals surface area contributed by atoms with Gasteiger partial charge in [-0.15, -0.1) is 0 Å². The predicted molar refractivity (Wildman–Crippen MR) is 121 cm³/mol. The Labute approximate surface area is 184 Å². The fraction of sp³-hybridized carbons (Fsp3) is 0.130. The fourth-order valence-corrected chi connectivity index (χ4v) is 3.88. The van der Waals surface area contributed by atoms with Crippen LogP contribution in [0.1, 0.15) is 22.8 Å². The smallest absolute Gasteiger partial charge is 0.149 e. The molecule has 150 valence electrons. The van der Waals surface area contributed by atoms with Crippen LogP contribution >= 0.6 is 23.2 Å². The van der Waals surface area contributed by atoms with E-state index in [9.17, 15) is 5.26 Å². The summed E-state index contributed by atoms with van der Waals surface area (Å²) < 4.78 is 7.28. The van der Waals surface area contributed by atoms with Gasteiger partial charge in [-0.1, -0.05) is 23.2 Å². The van der Waals surface area contributed by atoms with Crippen LogP contribution in [-0.2, 0) is 0 Å². The third kappa shape index (κ3) is 3.56. The van der Waals surface area contributed by atoms with Crippen molar-refractivity contribution in [3.63, 3.8) is 0 Å². The van der Waals surface area contributed by atoms with Crippen LogP contribution in [0.4, 0.5) is 0 Å². The second kappa shape index (κ2) is 7.91. The molecule has 0 fully saturated rings. The summed E-state index contributed by atoms with van der Waals surface area (Å²) in [5, 5.41) is 11.0. The van der Waals surface area contributed by atoms with Gasteiger partial charge < -0.3 is 14.3 Å². The van der Waals surface area contributed by atoms with Gasteiger partial charge in [-0.25, -0.2) is 4.98 Å². The quantitative estimate of drug-likeness (QED) is 0.379. The zero-order chi connectivity index (χ0) is 21.4. The molecule has 0 atom stereocenters. The van der Waals surface area contributed by atoms with E-state index < -0.39 is 0 Å². The number of H-pyrrole nitrogens is 1. The van der Waals surface area contributed by atoms with E-state index in [2.05, 4.69) is 16.0 Å². The minimum absolute atomic E-state index is 0.433. The molecule has 0 aliphatic heterocycles. The van der Waals surface area contributed by atoms with Gasteiger partial charge in [-0.2, -0.15) is 5.26 Å². The number of halogens is 2. The van der Waals surface area contributed by atoms with Crippen LogP contribution < -0.4 is 4.74 Å². The van der Waals surface area contributed by atoms with Gasteiger partial charge in [0, 0.05) is 22.5 Å². The zero-order valence-corrected chi connectivity index (χ0v) is 18.1. The molecule has 0 aliphatic rings. The summed E-state index contributed by atoms with van der Waals surface area (Å²) in [7, 11) is 1.61. The van der Waals surface area contributed by atoms with Crippen LogP contribution in [0.15, 0.2) is 42.5 Å². The average molecular weight is 437 g/mol. The van der Waals surface area contributed by atoms with E-state index in [-0.39, 0.29) is 0 Å². The van der Waals surface area contributed by atoms with E-state index in [1.165, 1.54) is 0 Å². The maximum absolute atomic E-state index is 9.78. The predicted octanol–water partition coefficient (Wildman–Crippen LogP) is 6.35. The van der Waals surface area contributed by atoms with Crippen LogP contribution in [-0.4, -0.2) is 21.6 Å². The first-order valence-corrected chi connectivity index (χ1v) is 9.97. The highest BCUT2D eigenvalue weighted by Crippen LogP contribution is 2.30. The molecular weight excluding hydrogens is 419 g/mol. The van der Waals surface area contributed by atoms with Crippen molar-refractivity contribution in [3.8, 4) is 17.5 Å². The number of aromatic nitrogens is 3. The summed E-state index contributed by atoms with van der Waals surface area (Å²) >= 11 is 12.6. The third-order valence-electron chi connectivity index (χ3n) is 4.98. The maximum atomic E-state index is 9.78. The maximum Gasteiger partial charge on any atom is 0.149 e. The Morgan fingerprint density at radius 1 is 1.17 bits per heavy atom. The van der Waals surface area contributed by atoms with Crippen LogP contribution in [0.5, 0.6) is 5.75 Å². The van der Waals surface area contributed by atoms with E-state index in [4.69, 9.17) is 27.9 Å². The number of fused-ring (bicyclic) bond motifs is 1. The molecule has 2 aromatic heterocycles. The lowest BCUT2D eigenvalue weighted by Crippen LogP contribution is -2.00. The number of nitriles is 1. The number of hydrogen-bond acceptors (Lipinski definition) is 3. The molecule has 7 heteroatoms. The summed E-state index contributed by atoms with van der Waals surface area (Å²) in [6, 6.07) is 15.2. The van der Waals surface area contributed by atoms with Crippen molar-refractivity contribution < 1.29 is 4.74 Å². The van der Waals surface area contributed by atoms with Gasteiger partial charge in [0.05, 0.1) is 34.4 Å². The van der Waals surface area contributed by atoms with Crippen LogP contribution in [0.2, 0.25) is 10.0 Å². The van der Waals surface area contributed by atoms with Gasteiger partial charge >= 0.3 is 0 Å². The van der Waals surface area contributed by atoms with Gasteiger partial charge in [0.15, 0.2) is 0 Å². The van der Waals surface area contributed by atoms with Gasteiger partial charge in [0.1, 0.15) is 17.6 Å². The Hall–Kier alpha value is -3.20. The van der Waals surface area contributed by atoms with Crippen molar-refractivity contribution in [2.75, 3.05) is 7.11 Å². The first-order valence-electron chi connectivity index (χ1n) is 9.21. The Bertz CT molecular complexity index is 1340. The molecule has 0 unspecified atom stereocenters. The van der Waals surface area contributed by atoms with Crippen LogP contribution in [0, 0.1) is 25.2 Å². The van der Waals surface area contributed by atoms with Crippen molar-refractivity contribution in [3.05, 3.63) is 75.3 Å². The number of aryl methyl sites for hydroxylation is 1. The molecule has 0 radical (unpaired) electrons. The van der Waals surface area contributed by atoms with Crippen LogP contribution in [0.3, 0.4) is 0 Å². The van der Waals surface area contributed by atoms with Gasteiger partial charge in [0.2, 0.25) is 0 Å². The average Bonchev–Trinajstić information content (AvgIpc) is 3.27. The highest BCUT2D eigenvalue weighted by atomic mass is 35.5. The zero-order valence-electron chi connectivity index (χ0n) is 16.6. The van der Waals surface area contributed by atoms with Crippen molar-refractivity contribution in [2.24, 2.45) is 0 Å². The molecule has 2 heterocycles. The van der Waals surface area contributed by atoms with Crippen molar-refractivity contribution in [2.45, 2.75) is 13.8 Å². The molecule has 0 aliphatic carbocycles. The molecule has 1 N–H and O–H groups in total. The summed E-state index contributed by atoms with van der Waals surface area (Å²) in [5.41, 5.74) is 5.63. The minimum atomic E-state index is 0.433. The van der Waals surface area contributed by atoms with Crippen LogP contribution in [0.25, 0.3) is 28.4 Å². The van der Waals surface area contributed by atoms with Crippen molar-refractivity contribution >= 4 is 45.9 Å². The van der Waals surface area contributed by atoms with E-state index >= 15 is 0 Å². The first kappa shape index (κ1) is 20.1. The number of benzene rings is 2. The number of allylic oxidation sites excluding steroid dienone is 1.